The SMILES string of the molecule is CC1OC(C)(O)CN(C)C1C. The molecule has 1 saturated heterocycles. The fraction of sp³-hybridized carbons (Fsp3) is 1.00. The van der Waals surface area contributed by atoms with E-state index >= 15 is 0 Å². The van der Waals surface area contributed by atoms with E-state index in [0.717, 1.165) is 0 Å². The Balaban J connectivity index is 2.62. The Bertz CT molecular complexity index is 133. The molecule has 0 spiro atoms. The number of hydrogen-bond acceptors (Lipinski definition) is 3. The monoisotopic (exact) mass is 159 g/mol. The lowest BCUT2D eigenvalue weighted by atomic mass is 10.1. The minimum absolute atomic E-state index is 0.101. The van der Waals surface area contributed by atoms with Crippen LogP contribution in [0, 0.1) is 0 Å². The summed E-state index contributed by atoms with van der Waals surface area (Å²) in [6, 6.07) is 0.384. The van der Waals surface area contributed by atoms with E-state index in [2.05, 4.69) is 11.8 Å². The van der Waals surface area contributed by atoms with Crippen LogP contribution in [0.15, 0.2) is 0 Å². The lowest BCUT2D eigenvalue weighted by Gasteiger charge is -2.43. The summed E-state index contributed by atoms with van der Waals surface area (Å²) in [5.41, 5.74) is 0. The summed E-state index contributed by atoms with van der Waals surface area (Å²) in [5, 5.41) is 9.57. The third-order valence-electron chi connectivity index (χ3n) is 2.36. The maximum atomic E-state index is 9.57. The summed E-state index contributed by atoms with van der Waals surface area (Å²) in [5.74, 6) is -0.972. The second-order valence-corrected chi connectivity index (χ2v) is 3.65. The van der Waals surface area contributed by atoms with Gasteiger partial charge in [-0.15, -0.1) is 0 Å². The van der Waals surface area contributed by atoms with Gasteiger partial charge in [-0.3, -0.25) is 4.90 Å². The molecule has 1 fully saturated rings. The largest absolute Gasteiger partial charge is 0.365 e. The molecule has 0 aromatic heterocycles. The Hall–Kier alpha value is -0.120. The number of ether oxygens (including phenoxy) is 1. The maximum Gasteiger partial charge on any atom is 0.175 e. The summed E-state index contributed by atoms with van der Waals surface area (Å²) < 4.78 is 5.37. The molecule has 3 atom stereocenters. The average molecular weight is 159 g/mol. The Morgan fingerprint density at radius 3 is 2.55 bits per heavy atom. The van der Waals surface area contributed by atoms with E-state index in [9.17, 15) is 5.11 Å². The molecular formula is C8H17NO2. The molecule has 1 heterocycles. The van der Waals surface area contributed by atoms with Crippen LogP contribution in [0.3, 0.4) is 0 Å². The van der Waals surface area contributed by atoms with E-state index in [1.54, 1.807) is 6.92 Å². The van der Waals surface area contributed by atoms with Gasteiger partial charge in [0.1, 0.15) is 0 Å². The van der Waals surface area contributed by atoms with Crippen LogP contribution in [0.25, 0.3) is 0 Å². The molecule has 0 aromatic rings. The van der Waals surface area contributed by atoms with Crippen LogP contribution in [0.1, 0.15) is 20.8 Å². The van der Waals surface area contributed by atoms with Crippen molar-refractivity contribution in [2.45, 2.75) is 38.7 Å². The van der Waals surface area contributed by atoms with Gasteiger partial charge in [0, 0.05) is 6.04 Å². The summed E-state index contributed by atoms with van der Waals surface area (Å²) in [6.07, 6.45) is 0.101. The number of rotatable bonds is 0. The molecule has 0 amide bonds. The van der Waals surface area contributed by atoms with E-state index in [0.29, 0.717) is 12.6 Å². The molecule has 0 aliphatic carbocycles. The molecule has 1 rings (SSSR count). The van der Waals surface area contributed by atoms with E-state index in [1.165, 1.54) is 0 Å². The van der Waals surface area contributed by atoms with Gasteiger partial charge in [0.25, 0.3) is 0 Å². The molecule has 0 radical (unpaired) electrons. The van der Waals surface area contributed by atoms with Crippen LogP contribution >= 0.6 is 0 Å². The van der Waals surface area contributed by atoms with Crippen LogP contribution in [-0.4, -0.2) is 41.5 Å². The standard InChI is InChI=1S/C8H17NO2/c1-6-7(2)11-8(3,10)5-9(6)4/h6-7,10H,5H2,1-4H3. The van der Waals surface area contributed by atoms with E-state index in [4.69, 9.17) is 4.74 Å². The van der Waals surface area contributed by atoms with Gasteiger partial charge in [0.05, 0.1) is 12.6 Å². The van der Waals surface area contributed by atoms with E-state index in [1.807, 2.05) is 14.0 Å². The normalized spacial score (nSPS) is 47.7. The molecule has 0 bridgehead atoms. The van der Waals surface area contributed by atoms with E-state index < -0.39 is 5.79 Å². The summed E-state index contributed by atoms with van der Waals surface area (Å²) in [6.45, 7) is 6.36. The molecule has 1 aliphatic rings. The first-order chi connectivity index (χ1) is 4.92. The van der Waals surface area contributed by atoms with Crippen LogP contribution in [0.4, 0.5) is 0 Å². The second kappa shape index (κ2) is 2.73. The predicted octanol–water partition coefficient (Wildman–Crippen LogP) is 0.434. The molecule has 66 valence electrons. The highest BCUT2D eigenvalue weighted by molar-refractivity contribution is 4.81. The number of likely N-dealkylation sites (N-methyl/N-ethyl adjacent to an activating group) is 1. The van der Waals surface area contributed by atoms with Crippen molar-refractivity contribution in [3.05, 3.63) is 0 Å². The molecule has 3 nitrogen and oxygen atoms in total. The van der Waals surface area contributed by atoms with Crippen LogP contribution < -0.4 is 0 Å². The zero-order valence-electron chi connectivity index (χ0n) is 7.66. The van der Waals surface area contributed by atoms with Gasteiger partial charge in [-0.2, -0.15) is 0 Å². The fourth-order valence-corrected chi connectivity index (χ4v) is 1.50. The molecule has 3 heteroatoms. The molecule has 1 N–H and O–H groups in total. The molecule has 11 heavy (non-hydrogen) atoms. The van der Waals surface area contributed by atoms with Gasteiger partial charge in [-0.05, 0) is 27.8 Å². The number of aliphatic hydroxyl groups is 1. The van der Waals surface area contributed by atoms with Crippen molar-refractivity contribution >= 4 is 0 Å². The quantitative estimate of drug-likeness (QED) is 0.556. The minimum atomic E-state index is -0.972. The third-order valence-corrected chi connectivity index (χ3v) is 2.36. The van der Waals surface area contributed by atoms with Gasteiger partial charge < -0.3 is 9.84 Å². The predicted molar refractivity (Wildman–Crippen MR) is 43.3 cm³/mol. The minimum Gasteiger partial charge on any atom is -0.365 e. The van der Waals surface area contributed by atoms with Gasteiger partial charge in [-0.1, -0.05) is 0 Å². The lowest BCUT2D eigenvalue weighted by molar-refractivity contribution is -0.262. The Morgan fingerprint density at radius 2 is 2.09 bits per heavy atom. The number of morpholine rings is 1. The molecular weight excluding hydrogens is 142 g/mol. The van der Waals surface area contributed by atoms with Gasteiger partial charge in [0.15, 0.2) is 5.79 Å². The average Bonchev–Trinajstić information content (AvgIpc) is 1.81. The summed E-state index contributed by atoms with van der Waals surface area (Å²) >= 11 is 0. The zero-order valence-corrected chi connectivity index (χ0v) is 7.66. The Morgan fingerprint density at radius 1 is 1.55 bits per heavy atom. The van der Waals surface area contributed by atoms with Crippen LogP contribution in [0.5, 0.6) is 0 Å². The van der Waals surface area contributed by atoms with Crippen molar-refractivity contribution in [3.8, 4) is 0 Å². The zero-order chi connectivity index (χ0) is 8.65. The number of hydrogen-bond donors (Lipinski definition) is 1. The van der Waals surface area contributed by atoms with Gasteiger partial charge in [-0.25, -0.2) is 0 Å². The van der Waals surface area contributed by atoms with Crippen molar-refractivity contribution < 1.29 is 9.84 Å². The summed E-state index contributed by atoms with van der Waals surface area (Å²) in [7, 11) is 2.00. The first-order valence-corrected chi connectivity index (χ1v) is 4.03. The van der Waals surface area contributed by atoms with Gasteiger partial charge in [0.2, 0.25) is 0 Å². The van der Waals surface area contributed by atoms with Crippen LogP contribution in [-0.2, 0) is 4.74 Å². The number of nitrogens with zero attached hydrogens (tertiary/aromatic N) is 1. The molecule has 0 aromatic carbocycles. The van der Waals surface area contributed by atoms with Crippen molar-refractivity contribution in [1.82, 2.24) is 4.90 Å². The maximum absolute atomic E-state index is 9.57. The summed E-state index contributed by atoms with van der Waals surface area (Å²) in [4.78, 5) is 2.11. The Kier molecular flexibility index (Phi) is 2.23. The second-order valence-electron chi connectivity index (χ2n) is 3.65. The smallest absolute Gasteiger partial charge is 0.175 e. The highest BCUT2D eigenvalue weighted by Gasteiger charge is 2.35. The topological polar surface area (TPSA) is 32.7 Å². The van der Waals surface area contributed by atoms with Crippen LogP contribution in [0.2, 0.25) is 0 Å². The molecule has 0 saturated carbocycles. The fourth-order valence-electron chi connectivity index (χ4n) is 1.50. The third kappa shape index (κ3) is 1.92. The highest BCUT2D eigenvalue weighted by Crippen LogP contribution is 2.21. The van der Waals surface area contributed by atoms with Gasteiger partial charge >= 0.3 is 0 Å². The Labute approximate surface area is 68.0 Å². The van der Waals surface area contributed by atoms with Crippen molar-refractivity contribution in [1.29, 1.82) is 0 Å². The lowest BCUT2D eigenvalue weighted by Crippen LogP contribution is -2.56. The molecule has 1 aliphatic heterocycles. The first-order valence-electron chi connectivity index (χ1n) is 4.03. The number of β-amino-alcohol motifs (C(OH)–C–C–N with tert-alkyl or cyclic N) is 1. The van der Waals surface area contributed by atoms with Crippen molar-refractivity contribution in [2.24, 2.45) is 0 Å². The van der Waals surface area contributed by atoms with Crippen molar-refractivity contribution in [2.75, 3.05) is 13.6 Å². The first kappa shape index (κ1) is 8.97. The molecule has 3 unspecified atom stereocenters. The highest BCUT2D eigenvalue weighted by atomic mass is 16.6. The van der Waals surface area contributed by atoms with E-state index in [-0.39, 0.29) is 6.10 Å². The van der Waals surface area contributed by atoms with Crippen molar-refractivity contribution in [3.63, 3.8) is 0 Å².